The van der Waals surface area contributed by atoms with Crippen LogP contribution in [0.1, 0.15) is 28.8 Å². The van der Waals surface area contributed by atoms with Gasteiger partial charge in [0.05, 0.1) is 12.6 Å². The van der Waals surface area contributed by atoms with E-state index in [2.05, 4.69) is 16.0 Å². The van der Waals surface area contributed by atoms with Crippen molar-refractivity contribution in [3.05, 3.63) is 65.7 Å². The number of anilines is 1. The minimum absolute atomic E-state index is 0.0859. The van der Waals surface area contributed by atoms with Gasteiger partial charge in [0.15, 0.2) is 0 Å². The first-order valence-corrected chi connectivity index (χ1v) is 9.25. The molecule has 1 unspecified atom stereocenters. The topological polar surface area (TPSA) is 79.5 Å². The number of benzene rings is 2. The van der Waals surface area contributed by atoms with Crippen LogP contribution in [0.15, 0.2) is 54.6 Å². The molecule has 2 amide bonds. The van der Waals surface area contributed by atoms with Gasteiger partial charge < -0.3 is 20.7 Å². The van der Waals surface area contributed by atoms with Gasteiger partial charge >= 0.3 is 0 Å². The molecule has 2 aromatic rings. The lowest BCUT2D eigenvalue weighted by Crippen LogP contribution is -2.31. The van der Waals surface area contributed by atoms with Gasteiger partial charge in [-0.1, -0.05) is 30.3 Å². The highest BCUT2D eigenvalue weighted by Gasteiger charge is 2.16. The van der Waals surface area contributed by atoms with E-state index in [0.29, 0.717) is 18.7 Å². The molecule has 1 fully saturated rings. The third kappa shape index (κ3) is 6.11. The summed E-state index contributed by atoms with van der Waals surface area (Å²) in [5.41, 5.74) is 2.44. The number of amides is 2. The number of hydrogen-bond donors (Lipinski definition) is 3. The molecule has 1 heterocycles. The van der Waals surface area contributed by atoms with Crippen LogP contribution in [0.5, 0.6) is 0 Å². The number of ether oxygens (including phenoxy) is 1. The molecule has 1 aliphatic rings. The van der Waals surface area contributed by atoms with Crippen LogP contribution in [-0.4, -0.2) is 37.6 Å². The number of carbonyl (C=O) groups excluding carboxylic acids is 2. The molecule has 0 aliphatic carbocycles. The van der Waals surface area contributed by atoms with Gasteiger partial charge in [-0.05, 0) is 42.7 Å². The maximum absolute atomic E-state index is 12.1. The average molecular weight is 367 g/mol. The Morgan fingerprint density at radius 1 is 1.00 bits per heavy atom. The highest BCUT2D eigenvalue weighted by Crippen LogP contribution is 2.12. The first-order valence-electron chi connectivity index (χ1n) is 9.25. The Labute approximate surface area is 159 Å². The zero-order valence-electron chi connectivity index (χ0n) is 15.2. The highest BCUT2D eigenvalue weighted by atomic mass is 16.5. The Hall–Kier alpha value is -2.86. The first kappa shape index (κ1) is 18.9. The molecule has 6 nitrogen and oxygen atoms in total. The predicted molar refractivity (Wildman–Crippen MR) is 105 cm³/mol. The predicted octanol–water partition coefficient (Wildman–Crippen LogP) is 2.32. The van der Waals surface area contributed by atoms with E-state index in [4.69, 9.17) is 4.74 Å². The van der Waals surface area contributed by atoms with E-state index in [1.54, 1.807) is 24.3 Å². The van der Waals surface area contributed by atoms with Crippen LogP contribution in [0.4, 0.5) is 5.69 Å². The van der Waals surface area contributed by atoms with E-state index in [-0.39, 0.29) is 24.5 Å². The van der Waals surface area contributed by atoms with Gasteiger partial charge in [0.25, 0.3) is 5.91 Å². The van der Waals surface area contributed by atoms with E-state index in [1.165, 1.54) is 0 Å². The summed E-state index contributed by atoms with van der Waals surface area (Å²) in [6, 6.07) is 16.9. The molecule has 1 atom stereocenters. The lowest BCUT2D eigenvalue weighted by Gasteiger charge is -2.11. The van der Waals surface area contributed by atoms with Crippen LogP contribution < -0.4 is 16.0 Å². The SMILES string of the molecule is O=C(CNc1ccc(C(=O)NCC2CCCO2)cc1)NCc1ccccc1. The fourth-order valence-electron chi connectivity index (χ4n) is 2.89. The van der Waals surface area contributed by atoms with Gasteiger partial charge in [0, 0.05) is 30.9 Å². The Kier molecular flexibility index (Phi) is 6.82. The van der Waals surface area contributed by atoms with Gasteiger partial charge in [-0.3, -0.25) is 9.59 Å². The second-order valence-electron chi connectivity index (χ2n) is 6.54. The number of hydrogen-bond acceptors (Lipinski definition) is 4. The van der Waals surface area contributed by atoms with Crippen LogP contribution in [-0.2, 0) is 16.1 Å². The minimum atomic E-state index is -0.113. The Morgan fingerprint density at radius 3 is 2.48 bits per heavy atom. The van der Waals surface area contributed by atoms with Crippen molar-refractivity contribution in [2.24, 2.45) is 0 Å². The third-order valence-corrected chi connectivity index (χ3v) is 4.45. The smallest absolute Gasteiger partial charge is 0.251 e. The summed E-state index contributed by atoms with van der Waals surface area (Å²) < 4.78 is 5.50. The van der Waals surface area contributed by atoms with Crippen molar-refractivity contribution in [2.75, 3.05) is 25.0 Å². The zero-order valence-corrected chi connectivity index (χ0v) is 15.2. The van der Waals surface area contributed by atoms with E-state index in [9.17, 15) is 9.59 Å². The van der Waals surface area contributed by atoms with Crippen molar-refractivity contribution in [3.63, 3.8) is 0 Å². The third-order valence-electron chi connectivity index (χ3n) is 4.45. The van der Waals surface area contributed by atoms with Crippen molar-refractivity contribution in [3.8, 4) is 0 Å². The number of rotatable bonds is 8. The molecule has 1 aliphatic heterocycles. The molecular weight excluding hydrogens is 342 g/mol. The molecule has 6 heteroatoms. The van der Waals surface area contributed by atoms with Crippen LogP contribution in [0.25, 0.3) is 0 Å². The quantitative estimate of drug-likeness (QED) is 0.669. The fraction of sp³-hybridized carbons (Fsp3) is 0.333. The van der Waals surface area contributed by atoms with Gasteiger partial charge in [0.2, 0.25) is 5.91 Å². The average Bonchev–Trinajstić information content (AvgIpc) is 3.24. The second-order valence-corrected chi connectivity index (χ2v) is 6.54. The molecule has 0 radical (unpaired) electrons. The van der Waals surface area contributed by atoms with Crippen LogP contribution in [0, 0.1) is 0 Å². The van der Waals surface area contributed by atoms with E-state index in [1.807, 2.05) is 30.3 Å². The molecule has 142 valence electrons. The van der Waals surface area contributed by atoms with Crippen LogP contribution >= 0.6 is 0 Å². The lowest BCUT2D eigenvalue weighted by atomic mass is 10.2. The first-order chi connectivity index (χ1) is 13.2. The van der Waals surface area contributed by atoms with Crippen molar-refractivity contribution in [1.29, 1.82) is 0 Å². The summed E-state index contributed by atoms with van der Waals surface area (Å²) in [5, 5.41) is 8.82. The Morgan fingerprint density at radius 2 is 1.78 bits per heavy atom. The standard InChI is InChI=1S/C21H25N3O3/c25-20(23-13-16-5-2-1-3-6-16)15-22-18-10-8-17(9-11-18)21(26)24-14-19-7-4-12-27-19/h1-3,5-6,8-11,19,22H,4,7,12-15H2,(H,23,25)(H,24,26). The molecule has 1 saturated heterocycles. The summed E-state index contributed by atoms with van der Waals surface area (Å²) in [4.78, 5) is 24.1. The van der Waals surface area contributed by atoms with E-state index < -0.39 is 0 Å². The number of nitrogens with one attached hydrogen (secondary N) is 3. The van der Waals surface area contributed by atoms with Crippen LogP contribution in [0.2, 0.25) is 0 Å². The lowest BCUT2D eigenvalue weighted by molar-refractivity contribution is -0.119. The second kappa shape index (κ2) is 9.73. The van der Waals surface area contributed by atoms with Gasteiger partial charge in [-0.15, -0.1) is 0 Å². The van der Waals surface area contributed by atoms with Crippen molar-refractivity contribution in [1.82, 2.24) is 10.6 Å². The fourth-order valence-corrected chi connectivity index (χ4v) is 2.89. The van der Waals surface area contributed by atoms with E-state index >= 15 is 0 Å². The largest absolute Gasteiger partial charge is 0.376 e. The van der Waals surface area contributed by atoms with Crippen LogP contribution in [0.3, 0.4) is 0 Å². The molecule has 3 rings (SSSR count). The molecule has 0 saturated carbocycles. The normalized spacial score (nSPS) is 15.9. The van der Waals surface area contributed by atoms with Crippen molar-refractivity contribution >= 4 is 17.5 Å². The highest BCUT2D eigenvalue weighted by molar-refractivity contribution is 5.94. The van der Waals surface area contributed by atoms with Crippen molar-refractivity contribution in [2.45, 2.75) is 25.5 Å². The number of carbonyl (C=O) groups is 2. The molecule has 3 N–H and O–H groups in total. The molecule has 2 aromatic carbocycles. The summed E-state index contributed by atoms with van der Waals surface area (Å²) in [6.07, 6.45) is 2.18. The summed E-state index contributed by atoms with van der Waals surface area (Å²) in [5.74, 6) is -0.199. The van der Waals surface area contributed by atoms with E-state index in [0.717, 1.165) is 30.7 Å². The summed E-state index contributed by atoms with van der Waals surface area (Å²) in [6.45, 7) is 2.00. The minimum Gasteiger partial charge on any atom is -0.376 e. The van der Waals surface area contributed by atoms with Gasteiger partial charge in [-0.25, -0.2) is 0 Å². The zero-order chi connectivity index (χ0) is 18.9. The molecule has 0 aromatic heterocycles. The molecule has 0 spiro atoms. The van der Waals surface area contributed by atoms with Gasteiger partial charge in [0.1, 0.15) is 0 Å². The Bertz CT molecular complexity index is 741. The molecule has 0 bridgehead atoms. The molecular formula is C21H25N3O3. The monoisotopic (exact) mass is 367 g/mol. The Balaban J connectivity index is 1.39. The molecule has 27 heavy (non-hydrogen) atoms. The summed E-state index contributed by atoms with van der Waals surface area (Å²) >= 11 is 0. The summed E-state index contributed by atoms with van der Waals surface area (Å²) in [7, 11) is 0. The maximum Gasteiger partial charge on any atom is 0.251 e. The van der Waals surface area contributed by atoms with Crippen molar-refractivity contribution < 1.29 is 14.3 Å². The van der Waals surface area contributed by atoms with Gasteiger partial charge in [-0.2, -0.15) is 0 Å². The maximum atomic E-state index is 12.1.